The summed E-state index contributed by atoms with van der Waals surface area (Å²) < 4.78 is 6.12. The predicted octanol–water partition coefficient (Wildman–Crippen LogP) is 3.94. The summed E-state index contributed by atoms with van der Waals surface area (Å²) in [6.07, 6.45) is 7.97. The normalized spacial score (nSPS) is 23.9. The lowest BCUT2D eigenvalue weighted by atomic mass is 9.84. The third-order valence-electron chi connectivity index (χ3n) is 5.33. The van der Waals surface area contributed by atoms with Gasteiger partial charge in [-0.25, -0.2) is 10.2 Å². The molecule has 2 unspecified atom stereocenters. The molecule has 1 aliphatic heterocycles. The molecular weight excluding hydrogens is 370 g/mol. The van der Waals surface area contributed by atoms with Gasteiger partial charge in [-0.15, -0.1) is 0 Å². The first-order valence-corrected chi connectivity index (χ1v) is 10.4. The van der Waals surface area contributed by atoms with Crippen LogP contribution in [-0.4, -0.2) is 35.9 Å². The van der Waals surface area contributed by atoms with Crippen molar-refractivity contribution in [1.82, 2.24) is 10.9 Å². The molecule has 0 bridgehead atoms. The van der Waals surface area contributed by atoms with E-state index in [9.17, 15) is 9.59 Å². The van der Waals surface area contributed by atoms with Gasteiger partial charge in [-0.2, -0.15) is 0 Å². The summed E-state index contributed by atoms with van der Waals surface area (Å²) in [6, 6.07) is 8.99. The largest absolute Gasteiger partial charge is 0.481 e. The number of amides is 2. The van der Waals surface area contributed by atoms with E-state index in [2.05, 4.69) is 42.2 Å². The third-order valence-corrected chi connectivity index (χ3v) is 5.33. The Bertz CT molecular complexity index is 665. The molecule has 1 heterocycles. The molecule has 7 heteroatoms. The molecule has 160 valence electrons. The Morgan fingerprint density at radius 1 is 1.17 bits per heavy atom. The lowest BCUT2D eigenvalue weighted by Gasteiger charge is -2.22. The molecule has 1 fully saturated rings. The van der Waals surface area contributed by atoms with Crippen molar-refractivity contribution in [1.29, 1.82) is 0 Å². The van der Waals surface area contributed by atoms with E-state index in [4.69, 9.17) is 9.84 Å². The van der Waals surface area contributed by atoms with Crippen LogP contribution in [0.4, 0.5) is 10.5 Å². The number of aliphatic carboxylic acids is 1. The summed E-state index contributed by atoms with van der Waals surface area (Å²) in [7, 11) is 0. The number of anilines is 1. The van der Waals surface area contributed by atoms with Gasteiger partial charge < -0.3 is 15.2 Å². The van der Waals surface area contributed by atoms with Gasteiger partial charge >= 0.3 is 12.0 Å². The lowest BCUT2D eigenvalue weighted by molar-refractivity contribution is -0.137. The predicted molar refractivity (Wildman–Crippen MR) is 113 cm³/mol. The Morgan fingerprint density at radius 2 is 1.93 bits per heavy atom. The van der Waals surface area contributed by atoms with Gasteiger partial charge in [0.25, 0.3) is 0 Å². The van der Waals surface area contributed by atoms with Crippen LogP contribution in [0.3, 0.4) is 0 Å². The Balaban J connectivity index is 1.78. The molecule has 4 atom stereocenters. The van der Waals surface area contributed by atoms with Crippen molar-refractivity contribution in [3.05, 3.63) is 42.5 Å². The van der Waals surface area contributed by atoms with Crippen LogP contribution >= 0.6 is 0 Å². The number of carboxylic acids is 1. The number of ether oxygens (including phenoxy) is 1. The highest BCUT2D eigenvalue weighted by Gasteiger charge is 2.40. The number of allylic oxidation sites excluding steroid dienone is 2. The van der Waals surface area contributed by atoms with Crippen molar-refractivity contribution < 1.29 is 19.4 Å². The Labute approximate surface area is 172 Å². The highest BCUT2D eigenvalue weighted by Crippen LogP contribution is 2.36. The summed E-state index contributed by atoms with van der Waals surface area (Å²) in [6.45, 7) is 4.83. The van der Waals surface area contributed by atoms with Gasteiger partial charge in [0, 0.05) is 24.6 Å². The van der Waals surface area contributed by atoms with Crippen molar-refractivity contribution in [2.75, 3.05) is 11.9 Å². The van der Waals surface area contributed by atoms with Crippen LogP contribution in [0.5, 0.6) is 0 Å². The molecule has 2 rings (SSSR count). The van der Waals surface area contributed by atoms with Crippen LogP contribution in [0.1, 0.15) is 46.0 Å². The number of rotatable bonds is 11. The van der Waals surface area contributed by atoms with E-state index < -0.39 is 5.97 Å². The molecule has 2 amide bonds. The maximum atomic E-state index is 12.0. The minimum absolute atomic E-state index is 0.108. The highest BCUT2D eigenvalue weighted by atomic mass is 16.5. The maximum Gasteiger partial charge on any atom is 0.333 e. The lowest BCUT2D eigenvalue weighted by Crippen LogP contribution is -2.44. The minimum atomic E-state index is -0.752. The van der Waals surface area contributed by atoms with Crippen molar-refractivity contribution in [3.63, 3.8) is 0 Å². The smallest absolute Gasteiger partial charge is 0.333 e. The zero-order chi connectivity index (χ0) is 21.1. The summed E-state index contributed by atoms with van der Waals surface area (Å²) in [5, 5.41) is 11.5. The molecule has 0 aromatic heterocycles. The van der Waals surface area contributed by atoms with E-state index in [-0.39, 0.29) is 30.6 Å². The second-order valence-electron chi connectivity index (χ2n) is 7.43. The van der Waals surface area contributed by atoms with Crippen molar-refractivity contribution in [3.8, 4) is 0 Å². The van der Waals surface area contributed by atoms with Gasteiger partial charge in [0.15, 0.2) is 0 Å². The van der Waals surface area contributed by atoms with Gasteiger partial charge in [-0.05, 0) is 50.7 Å². The number of hydrazine groups is 1. The van der Waals surface area contributed by atoms with E-state index in [0.29, 0.717) is 18.9 Å². The first-order chi connectivity index (χ1) is 14.0. The number of carboxylic acid groups (broad SMARTS) is 1. The second-order valence-corrected chi connectivity index (χ2v) is 7.43. The average molecular weight is 404 g/mol. The molecule has 0 radical (unpaired) electrons. The molecule has 7 nitrogen and oxygen atoms in total. The second kappa shape index (κ2) is 12.2. The Hall–Kier alpha value is -2.38. The third kappa shape index (κ3) is 7.87. The molecule has 0 spiro atoms. The Kier molecular flexibility index (Phi) is 9.67. The van der Waals surface area contributed by atoms with E-state index in [1.807, 2.05) is 30.3 Å². The van der Waals surface area contributed by atoms with Crippen LogP contribution in [-0.2, 0) is 9.53 Å². The number of benzene rings is 1. The van der Waals surface area contributed by atoms with Gasteiger partial charge in [0.1, 0.15) is 0 Å². The highest BCUT2D eigenvalue weighted by molar-refractivity contribution is 5.88. The number of nitrogens with one attached hydrogen (secondary N) is 3. The van der Waals surface area contributed by atoms with Crippen LogP contribution in [0.15, 0.2) is 42.5 Å². The summed E-state index contributed by atoms with van der Waals surface area (Å²) in [5.41, 5.74) is 6.48. The monoisotopic (exact) mass is 403 g/mol. The maximum absolute atomic E-state index is 12.0. The fourth-order valence-corrected chi connectivity index (χ4v) is 3.82. The van der Waals surface area contributed by atoms with E-state index in [1.54, 1.807) is 0 Å². The van der Waals surface area contributed by atoms with Crippen molar-refractivity contribution in [2.45, 2.75) is 58.2 Å². The number of urea groups is 1. The van der Waals surface area contributed by atoms with Crippen LogP contribution < -0.4 is 16.2 Å². The van der Waals surface area contributed by atoms with Gasteiger partial charge in [0.05, 0.1) is 12.2 Å². The first kappa shape index (κ1) is 22.9. The quantitative estimate of drug-likeness (QED) is 0.255. The number of carbonyl (C=O) groups is 2. The number of para-hydroxylation sites is 1. The molecule has 0 aliphatic carbocycles. The summed E-state index contributed by atoms with van der Waals surface area (Å²) in [4.78, 5) is 22.6. The molecule has 1 saturated heterocycles. The molecular formula is C22H33N3O4. The topological polar surface area (TPSA) is 99.7 Å². The van der Waals surface area contributed by atoms with Gasteiger partial charge in [-0.1, -0.05) is 37.3 Å². The molecule has 4 N–H and O–H groups in total. The summed E-state index contributed by atoms with van der Waals surface area (Å²) >= 11 is 0. The van der Waals surface area contributed by atoms with E-state index in [1.165, 1.54) is 0 Å². The van der Waals surface area contributed by atoms with Gasteiger partial charge in [-0.3, -0.25) is 10.2 Å². The molecule has 29 heavy (non-hydrogen) atoms. The minimum Gasteiger partial charge on any atom is -0.481 e. The fraction of sp³-hybridized carbons (Fsp3) is 0.545. The van der Waals surface area contributed by atoms with Gasteiger partial charge in [0.2, 0.25) is 0 Å². The van der Waals surface area contributed by atoms with Crippen LogP contribution in [0.25, 0.3) is 0 Å². The SMILES string of the molecule is CC[C@H]1O[C@@H](C)C(CNNC(=O)Nc2ccccc2)C1CC=CCCCC(=O)O. The number of hydrogen-bond acceptors (Lipinski definition) is 4. The number of unbranched alkanes of at least 4 members (excludes halogenated alkanes) is 1. The molecule has 1 aromatic carbocycles. The molecule has 0 saturated carbocycles. The van der Waals surface area contributed by atoms with Crippen LogP contribution in [0, 0.1) is 11.8 Å². The molecule has 1 aromatic rings. The van der Waals surface area contributed by atoms with Crippen LogP contribution in [0.2, 0.25) is 0 Å². The van der Waals surface area contributed by atoms with E-state index in [0.717, 1.165) is 24.9 Å². The number of carbonyl (C=O) groups excluding carboxylic acids is 1. The Morgan fingerprint density at radius 3 is 2.62 bits per heavy atom. The van der Waals surface area contributed by atoms with Crippen molar-refractivity contribution >= 4 is 17.7 Å². The summed E-state index contributed by atoms with van der Waals surface area (Å²) in [5.74, 6) is -0.116. The zero-order valence-electron chi connectivity index (χ0n) is 17.3. The first-order valence-electron chi connectivity index (χ1n) is 10.4. The molecule has 1 aliphatic rings. The number of hydrogen-bond donors (Lipinski definition) is 4. The zero-order valence-corrected chi connectivity index (χ0v) is 17.3. The fourth-order valence-electron chi connectivity index (χ4n) is 3.82. The average Bonchev–Trinajstić information content (AvgIpc) is 3.00. The van der Waals surface area contributed by atoms with E-state index >= 15 is 0 Å². The standard InChI is InChI=1S/C22H33N3O4/c1-3-20-18(13-9-4-5-10-14-21(26)27)19(16(2)29-20)15-23-25-22(28)24-17-11-7-6-8-12-17/h4,6-9,11-12,16,18-20,23H,3,5,10,13-15H2,1-2H3,(H,26,27)(H2,24,25,28)/t16-,18?,19?,20+/m0/s1. The van der Waals surface area contributed by atoms with Crippen molar-refractivity contribution in [2.24, 2.45) is 11.8 Å².